The fraction of sp³-hybridized carbons (Fsp3) is 0.652. The van der Waals surface area contributed by atoms with E-state index in [1.807, 2.05) is 0 Å². The van der Waals surface area contributed by atoms with Crippen LogP contribution in [0.5, 0.6) is 6.01 Å². The molecule has 1 saturated carbocycles. The second kappa shape index (κ2) is 8.09. The third kappa shape index (κ3) is 3.89. The Kier molecular flexibility index (Phi) is 4.81. The van der Waals surface area contributed by atoms with Gasteiger partial charge in [-0.3, -0.25) is 4.90 Å². The topological polar surface area (TPSA) is 50.7 Å². The first-order chi connectivity index (χ1) is 17.4. The molecule has 4 heterocycles. The summed E-state index contributed by atoms with van der Waals surface area (Å²) in [6, 6.07) is -0.366. The Morgan fingerprint density at radius 3 is 2.86 bits per heavy atom. The van der Waals surface area contributed by atoms with Gasteiger partial charge in [0.05, 0.1) is 33.1 Å². The van der Waals surface area contributed by atoms with Crippen molar-refractivity contribution in [1.29, 1.82) is 0 Å². The van der Waals surface area contributed by atoms with Crippen molar-refractivity contribution >= 4 is 16.7 Å². The second-order valence-corrected chi connectivity index (χ2v) is 9.64. The molecule has 6 rings (SSSR count). The largest absolute Gasteiger partial charge is 0.461 e. The van der Waals surface area contributed by atoms with Gasteiger partial charge in [0.15, 0.2) is 0 Å². The minimum Gasteiger partial charge on any atom is -0.461 e. The summed E-state index contributed by atoms with van der Waals surface area (Å²) in [7, 11) is 0. The molecule has 1 aliphatic carbocycles. The molecule has 12 heteroatoms. The van der Waals surface area contributed by atoms with Crippen LogP contribution in [0, 0.1) is 11.7 Å². The molecule has 0 amide bonds. The average Bonchev–Trinajstić information content (AvgIpc) is 3.16. The van der Waals surface area contributed by atoms with E-state index < -0.39 is 65.5 Å². The van der Waals surface area contributed by atoms with Gasteiger partial charge in [0.2, 0.25) is 0 Å². The SMILES string of the molecule is [2H]C([2H])(Oc1nc(N2CCOC[C@H]3[C@H](F)[C@H]32)c2cc(C(F)(F)F)cc(F)c2n1)[C@@]12CCCN1C[C@H](F)C2. The Morgan fingerprint density at radius 2 is 2.06 bits per heavy atom. The van der Waals surface area contributed by atoms with Gasteiger partial charge in [0, 0.05) is 30.8 Å². The Balaban J connectivity index is 1.47. The number of alkyl halides is 5. The highest BCUT2D eigenvalue weighted by atomic mass is 19.4. The third-order valence-electron chi connectivity index (χ3n) is 7.43. The average molecular weight is 504 g/mol. The molecule has 35 heavy (non-hydrogen) atoms. The number of rotatable bonds is 4. The summed E-state index contributed by atoms with van der Waals surface area (Å²) < 4.78 is 113. The molecule has 0 spiro atoms. The fourth-order valence-corrected chi connectivity index (χ4v) is 5.67. The fourth-order valence-electron chi connectivity index (χ4n) is 5.67. The molecule has 0 bridgehead atoms. The summed E-state index contributed by atoms with van der Waals surface area (Å²) in [5.74, 6) is -2.03. The Bertz CT molecular complexity index is 1240. The summed E-state index contributed by atoms with van der Waals surface area (Å²) >= 11 is 0. The lowest BCUT2D eigenvalue weighted by Gasteiger charge is -2.31. The highest BCUT2D eigenvalue weighted by Crippen LogP contribution is 2.45. The minimum absolute atomic E-state index is 0.0519. The number of aromatic nitrogens is 2. The van der Waals surface area contributed by atoms with Crippen LogP contribution in [0.3, 0.4) is 0 Å². The number of anilines is 1. The summed E-state index contributed by atoms with van der Waals surface area (Å²) in [6.07, 6.45) is -6.59. The monoisotopic (exact) mass is 504 g/mol. The van der Waals surface area contributed by atoms with Crippen molar-refractivity contribution in [3.05, 3.63) is 23.5 Å². The maximum absolute atomic E-state index is 15.1. The molecule has 4 fully saturated rings. The Labute approximate surface area is 200 Å². The number of hydrogen-bond donors (Lipinski definition) is 0. The molecule has 6 nitrogen and oxygen atoms in total. The van der Waals surface area contributed by atoms with Crippen LogP contribution in [0.2, 0.25) is 0 Å². The van der Waals surface area contributed by atoms with E-state index in [1.165, 1.54) is 4.90 Å². The van der Waals surface area contributed by atoms with E-state index >= 15 is 4.39 Å². The van der Waals surface area contributed by atoms with Crippen LogP contribution < -0.4 is 9.64 Å². The van der Waals surface area contributed by atoms with Gasteiger partial charge in [-0.1, -0.05) is 0 Å². The number of hydrogen-bond acceptors (Lipinski definition) is 6. The standard InChI is InChI=1S/C23H24F6N4O2/c24-13-8-22(2-1-3-32(22)9-13)11-35-21-30-18-14(6-12(7-16(18)25)23(27,28)29)20(31-21)33-4-5-34-10-15-17(26)19(15)33/h6-7,13,15,17,19H,1-5,8-11H2/t13-,15+,17+,19+,22+/m1/s1/i11D2. The van der Waals surface area contributed by atoms with Gasteiger partial charge in [-0.05, 0) is 31.5 Å². The minimum atomic E-state index is -4.86. The second-order valence-electron chi connectivity index (χ2n) is 9.64. The van der Waals surface area contributed by atoms with Crippen LogP contribution in [-0.4, -0.2) is 78.2 Å². The van der Waals surface area contributed by atoms with Gasteiger partial charge in [-0.25, -0.2) is 13.2 Å². The lowest BCUT2D eigenvalue weighted by molar-refractivity contribution is -0.137. The van der Waals surface area contributed by atoms with Crippen LogP contribution in [0.25, 0.3) is 10.9 Å². The van der Waals surface area contributed by atoms with E-state index in [9.17, 15) is 22.0 Å². The lowest BCUT2D eigenvalue weighted by atomic mass is 9.95. The van der Waals surface area contributed by atoms with E-state index in [0.717, 1.165) is 0 Å². The zero-order valence-electron chi connectivity index (χ0n) is 20.5. The number of ether oxygens (including phenoxy) is 2. The molecule has 3 aliphatic heterocycles. The number of nitrogens with zero attached hydrogens (tertiary/aromatic N) is 4. The third-order valence-corrected chi connectivity index (χ3v) is 7.43. The summed E-state index contributed by atoms with van der Waals surface area (Å²) in [5, 5.41) is -0.301. The summed E-state index contributed by atoms with van der Waals surface area (Å²) in [4.78, 5) is 11.3. The molecule has 3 saturated heterocycles. The van der Waals surface area contributed by atoms with Gasteiger partial charge in [-0.15, -0.1) is 0 Å². The van der Waals surface area contributed by atoms with Crippen molar-refractivity contribution in [2.75, 3.05) is 44.3 Å². The Hall–Kier alpha value is -2.34. The van der Waals surface area contributed by atoms with Crippen molar-refractivity contribution in [1.82, 2.24) is 14.9 Å². The molecule has 1 aromatic heterocycles. The van der Waals surface area contributed by atoms with Crippen LogP contribution >= 0.6 is 0 Å². The van der Waals surface area contributed by atoms with Crippen molar-refractivity contribution in [3.63, 3.8) is 0 Å². The van der Waals surface area contributed by atoms with Crippen LogP contribution in [0.4, 0.5) is 32.2 Å². The molecule has 0 N–H and O–H groups in total. The van der Waals surface area contributed by atoms with E-state index in [2.05, 4.69) is 9.97 Å². The molecule has 2 aromatic rings. The molecule has 190 valence electrons. The molecule has 4 aliphatic rings. The van der Waals surface area contributed by atoms with E-state index in [4.69, 9.17) is 12.2 Å². The number of fused-ring (bicyclic) bond motifs is 3. The van der Waals surface area contributed by atoms with Crippen LogP contribution in [0.1, 0.15) is 27.6 Å². The van der Waals surface area contributed by atoms with Gasteiger partial charge in [0.25, 0.3) is 0 Å². The predicted molar refractivity (Wildman–Crippen MR) is 113 cm³/mol. The van der Waals surface area contributed by atoms with Crippen molar-refractivity contribution < 1.29 is 38.6 Å². The van der Waals surface area contributed by atoms with Gasteiger partial charge < -0.3 is 14.4 Å². The molecule has 0 radical (unpaired) electrons. The lowest BCUT2D eigenvalue weighted by Crippen LogP contribution is -2.43. The summed E-state index contributed by atoms with van der Waals surface area (Å²) in [5.41, 5.74) is -3.06. The predicted octanol–water partition coefficient (Wildman–Crippen LogP) is 3.92. The first kappa shape index (κ1) is 20.8. The first-order valence-electron chi connectivity index (χ1n) is 12.6. The molecule has 1 aromatic carbocycles. The van der Waals surface area contributed by atoms with E-state index in [-0.39, 0.29) is 43.9 Å². The highest BCUT2D eigenvalue weighted by Gasteiger charge is 2.56. The maximum Gasteiger partial charge on any atom is 0.416 e. The van der Waals surface area contributed by atoms with E-state index in [1.54, 1.807) is 4.90 Å². The Morgan fingerprint density at radius 1 is 1.23 bits per heavy atom. The quantitative estimate of drug-likeness (QED) is 0.589. The number of benzene rings is 1. The van der Waals surface area contributed by atoms with Crippen LogP contribution in [0.15, 0.2) is 12.1 Å². The van der Waals surface area contributed by atoms with Gasteiger partial charge >= 0.3 is 12.2 Å². The summed E-state index contributed by atoms with van der Waals surface area (Å²) in [6.45, 7) is -1.63. The smallest absolute Gasteiger partial charge is 0.416 e. The van der Waals surface area contributed by atoms with Crippen molar-refractivity contribution in [2.24, 2.45) is 5.92 Å². The zero-order valence-corrected chi connectivity index (χ0v) is 18.5. The molecular weight excluding hydrogens is 478 g/mol. The maximum atomic E-state index is 15.1. The van der Waals surface area contributed by atoms with Crippen LogP contribution in [-0.2, 0) is 10.9 Å². The van der Waals surface area contributed by atoms with Crippen molar-refractivity contribution in [3.8, 4) is 6.01 Å². The first-order valence-corrected chi connectivity index (χ1v) is 11.6. The highest BCUT2D eigenvalue weighted by molar-refractivity contribution is 5.91. The number of halogens is 6. The zero-order chi connectivity index (χ0) is 26.3. The molecule has 5 atom stereocenters. The molecule has 0 unspecified atom stereocenters. The molecular formula is C23H24F6N4O2. The van der Waals surface area contributed by atoms with E-state index in [0.29, 0.717) is 31.5 Å². The van der Waals surface area contributed by atoms with Gasteiger partial charge in [-0.2, -0.15) is 23.1 Å². The normalized spacial score (nSPS) is 34.3. The van der Waals surface area contributed by atoms with Gasteiger partial charge in [0.1, 0.15) is 36.1 Å². The van der Waals surface area contributed by atoms with Crippen molar-refractivity contribution in [2.45, 2.75) is 49.4 Å².